The zero-order chi connectivity index (χ0) is 25.7. The maximum absolute atomic E-state index is 12.9. The van der Waals surface area contributed by atoms with Crippen LogP contribution in [0.3, 0.4) is 0 Å². The van der Waals surface area contributed by atoms with Crippen LogP contribution in [0.1, 0.15) is 11.1 Å². The molecule has 12 heteroatoms. The average molecular weight is 503 g/mol. The molecular weight excluding hydrogens is 480 g/mol. The lowest BCUT2D eigenvalue weighted by atomic mass is 10.0. The summed E-state index contributed by atoms with van der Waals surface area (Å²) in [6.07, 6.45) is 2.85. The van der Waals surface area contributed by atoms with E-state index in [1.807, 2.05) is 0 Å². The zero-order valence-electron chi connectivity index (χ0n) is 18.9. The normalized spacial score (nSPS) is 11.8. The fourth-order valence-electron chi connectivity index (χ4n) is 3.56. The van der Waals surface area contributed by atoms with Crippen LogP contribution in [0.5, 0.6) is 0 Å². The van der Waals surface area contributed by atoms with E-state index in [4.69, 9.17) is 16.3 Å². The van der Waals surface area contributed by atoms with Crippen molar-refractivity contribution in [1.82, 2.24) is 20.2 Å². The molecule has 11 nitrogen and oxygen atoms in total. The molecule has 0 bridgehead atoms. The molecule has 1 heterocycles. The predicted molar refractivity (Wildman–Crippen MR) is 135 cm³/mol. The molecule has 1 aromatic heterocycles. The number of nitrogens with two attached hydrogens (primary N) is 2. The SMILES string of the molecule is N=C(N)c1cccc(/C(=C\C(=O)Nc2ccc(-c3ccccc3S(N)(=O)=O)cc2)Cn2cnnn2)c1. The smallest absolute Gasteiger partial charge is 0.248 e. The number of carbonyl (C=O) groups excluding carboxylic acids is 1. The summed E-state index contributed by atoms with van der Waals surface area (Å²) in [5, 5.41) is 26.9. The van der Waals surface area contributed by atoms with E-state index in [2.05, 4.69) is 20.8 Å². The molecule has 4 aromatic rings. The molecule has 3 aromatic carbocycles. The van der Waals surface area contributed by atoms with Gasteiger partial charge in [0.05, 0.1) is 11.4 Å². The van der Waals surface area contributed by atoms with Crippen molar-refractivity contribution in [2.24, 2.45) is 10.9 Å². The van der Waals surface area contributed by atoms with Crippen molar-refractivity contribution < 1.29 is 13.2 Å². The van der Waals surface area contributed by atoms with E-state index in [9.17, 15) is 13.2 Å². The number of primary sulfonamides is 1. The van der Waals surface area contributed by atoms with Gasteiger partial charge in [0, 0.05) is 22.9 Å². The van der Waals surface area contributed by atoms with Crippen LogP contribution in [0.25, 0.3) is 16.7 Å². The second-order valence-corrected chi connectivity index (χ2v) is 9.31. The Bertz CT molecular complexity index is 1550. The Labute approximate surface area is 207 Å². The number of anilines is 1. The van der Waals surface area contributed by atoms with E-state index in [0.717, 1.165) is 0 Å². The first-order valence-electron chi connectivity index (χ1n) is 10.6. The summed E-state index contributed by atoms with van der Waals surface area (Å²) in [7, 11) is -3.90. The third-order valence-electron chi connectivity index (χ3n) is 5.23. The monoisotopic (exact) mass is 502 g/mol. The highest BCUT2D eigenvalue weighted by Crippen LogP contribution is 2.27. The quantitative estimate of drug-likeness (QED) is 0.161. The molecule has 0 atom stereocenters. The van der Waals surface area contributed by atoms with Gasteiger partial charge in [-0.25, -0.2) is 18.2 Å². The predicted octanol–water partition coefficient (Wildman–Crippen LogP) is 1.99. The van der Waals surface area contributed by atoms with Crippen LogP contribution in [-0.2, 0) is 21.4 Å². The number of nitrogens with zero attached hydrogens (tertiary/aromatic N) is 4. The molecule has 0 aliphatic heterocycles. The van der Waals surface area contributed by atoms with Gasteiger partial charge in [-0.3, -0.25) is 10.2 Å². The maximum Gasteiger partial charge on any atom is 0.248 e. The van der Waals surface area contributed by atoms with Gasteiger partial charge in [-0.1, -0.05) is 48.5 Å². The van der Waals surface area contributed by atoms with Crippen molar-refractivity contribution in [3.8, 4) is 11.1 Å². The number of benzene rings is 3. The number of carbonyl (C=O) groups is 1. The first kappa shape index (κ1) is 24.4. The standard InChI is InChI=1S/C24H22N8O3S/c25-24(26)18-5-3-4-17(12-18)19(14-32-15-28-30-31-32)13-23(33)29-20-10-8-16(9-11-20)21-6-1-2-7-22(21)36(27,34)35/h1-13,15H,14H2,(H3,25,26)(H,29,33)(H2,27,34,35)/b19-13-. The van der Waals surface area contributed by atoms with Crippen LogP contribution >= 0.6 is 0 Å². The summed E-state index contributed by atoms with van der Waals surface area (Å²) >= 11 is 0. The number of nitrogens with one attached hydrogen (secondary N) is 2. The van der Waals surface area contributed by atoms with Crippen LogP contribution in [-0.4, -0.2) is 40.4 Å². The molecule has 0 saturated carbocycles. The Kier molecular flexibility index (Phi) is 6.99. The van der Waals surface area contributed by atoms with Gasteiger partial charge in [-0.2, -0.15) is 0 Å². The van der Waals surface area contributed by atoms with Crippen LogP contribution in [0, 0.1) is 5.41 Å². The number of amides is 1. The number of rotatable bonds is 8. The van der Waals surface area contributed by atoms with Crippen molar-refractivity contribution in [2.75, 3.05) is 5.32 Å². The highest BCUT2D eigenvalue weighted by Gasteiger charge is 2.15. The molecule has 0 aliphatic rings. The summed E-state index contributed by atoms with van der Waals surface area (Å²) in [5.74, 6) is -0.490. The third kappa shape index (κ3) is 5.87. The van der Waals surface area contributed by atoms with Gasteiger partial charge in [0.15, 0.2) is 0 Å². The Hall–Kier alpha value is -4.68. The zero-order valence-corrected chi connectivity index (χ0v) is 19.7. The molecule has 0 radical (unpaired) electrons. The van der Waals surface area contributed by atoms with E-state index in [1.165, 1.54) is 23.2 Å². The van der Waals surface area contributed by atoms with E-state index >= 15 is 0 Å². The summed E-state index contributed by atoms with van der Waals surface area (Å²) in [4.78, 5) is 12.9. The van der Waals surface area contributed by atoms with Gasteiger partial charge in [-0.15, -0.1) is 5.10 Å². The number of amidine groups is 1. The summed E-state index contributed by atoms with van der Waals surface area (Å²) in [5.41, 5.74) is 9.02. The van der Waals surface area contributed by atoms with Crippen LogP contribution in [0.4, 0.5) is 5.69 Å². The van der Waals surface area contributed by atoms with Crippen molar-refractivity contribution in [2.45, 2.75) is 11.4 Å². The molecule has 4 rings (SSSR count). The lowest BCUT2D eigenvalue weighted by Gasteiger charge is -2.11. The van der Waals surface area contributed by atoms with Crippen LogP contribution in [0.15, 0.2) is 90.1 Å². The number of hydrogen-bond donors (Lipinski definition) is 4. The fraction of sp³-hybridized carbons (Fsp3) is 0.0417. The van der Waals surface area contributed by atoms with Gasteiger partial charge < -0.3 is 11.1 Å². The van der Waals surface area contributed by atoms with E-state index in [-0.39, 0.29) is 17.3 Å². The topological polar surface area (TPSA) is 183 Å². The molecule has 36 heavy (non-hydrogen) atoms. The summed E-state index contributed by atoms with van der Waals surface area (Å²) < 4.78 is 25.3. The Morgan fingerprint density at radius 1 is 1.03 bits per heavy atom. The lowest BCUT2D eigenvalue weighted by molar-refractivity contribution is -0.111. The number of aromatic nitrogens is 4. The second-order valence-electron chi connectivity index (χ2n) is 7.78. The molecule has 0 fully saturated rings. The maximum atomic E-state index is 12.9. The number of sulfonamides is 1. The van der Waals surface area contributed by atoms with Gasteiger partial charge >= 0.3 is 0 Å². The second kappa shape index (κ2) is 10.3. The number of allylic oxidation sites excluding steroid dienone is 1. The lowest BCUT2D eigenvalue weighted by Crippen LogP contribution is -2.13. The summed E-state index contributed by atoms with van der Waals surface area (Å²) in [6.45, 7) is 0.213. The minimum absolute atomic E-state index is 0.0183. The van der Waals surface area contributed by atoms with E-state index < -0.39 is 15.9 Å². The fourth-order valence-corrected chi connectivity index (χ4v) is 4.32. The summed E-state index contributed by atoms with van der Waals surface area (Å²) in [6, 6.07) is 20.1. The number of nitrogen functional groups attached to an aromatic ring is 1. The minimum Gasteiger partial charge on any atom is -0.384 e. The van der Waals surface area contributed by atoms with E-state index in [0.29, 0.717) is 33.5 Å². The minimum atomic E-state index is -3.90. The van der Waals surface area contributed by atoms with Gasteiger partial charge in [0.2, 0.25) is 15.9 Å². The van der Waals surface area contributed by atoms with Crippen LogP contribution < -0.4 is 16.2 Å². The van der Waals surface area contributed by atoms with Crippen molar-refractivity contribution >= 4 is 33.0 Å². The number of tetrazole rings is 1. The van der Waals surface area contributed by atoms with Gasteiger partial charge in [0.25, 0.3) is 0 Å². The molecule has 0 aliphatic carbocycles. The average Bonchev–Trinajstić information content (AvgIpc) is 3.37. The molecular formula is C24H22N8O3S. The first-order chi connectivity index (χ1) is 17.2. The van der Waals surface area contributed by atoms with Gasteiger partial charge in [0.1, 0.15) is 12.2 Å². The van der Waals surface area contributed by atoms with Crippen LogP contribution in [0.2, 0.25) is 0 Å². The Morgan fingerprint density at radius 2 is 1.75 bits per heavy atom. The largest absolute Gasteiger partial charge is 0.384 e. The van der Waals surface area contributed by atoms with Crippen molar-refractivity contribution in [3.63, 3.8) is 0 Å². The van der Waals surface area contributed by atoms with Gasteiger partial charge in [-0.05, 0) is 51.4 Å². The van der Waals surface area contributed by atoms with E-state index in [1.54, 1.807) is 66.7 Å². The molecule has 0 spiro atoms. The highest BCUT2D eigenvalue weighted by atomic mass is 32.2. The highest BCUT2D eigenvalue weighted by molar-refractivity contribution is 7.89. The molecule has 182 valence electrons. The Balaban J connectivity index is 1.59. The number of hydrogen-bond acceptors (Lipinski definition) is 7. The third-order valence-corrected chi connectivity index (χ3v) is 6.20. The molecule has 0 unspecified atom stereocenters. The Morgan fingerprint density at radius 3 is 2.42 bits per heavy atom. The van der Waals surface area contributed by atoms with Crippen molar-refractivity contribution in [3.05, 3.63) is 96.3 Å². The molecule has 1 amide bonds. The molecule has 6 N–H and O–H groups in total. The van der Waals surface area contributed by atoms with Crippen molar-refractivity contribution in [1.29, 1.82) is 5.41 Å². The molecule has 0 saturated heterocycles. The first-order valence-corrected chi connectivity index (χ1v) is 12.1.